The largest absolute Gasteiger partial charge is 0.497 e. The van der Waals surface area contributed by atoms with Crippen molar-refractivity contribution < 1.29 is 23.9 Å². The number of aliphatic hydroxyl groups excluding tert-OH is 1. The molecule has 0 saturated heterocycles. The lowest BCUT2D eigenvalue weighted by molar-refractivity contribution is 0.0870. The van der Waals surface area contributed by atoms with Gasteiger partial charge in [-0.05, 0) is 38.5 Å². The van der Waals surface area contributed by atoms with Crippen molar-refractivity contribution in [2.24, 2.45) is 0 Å². The molecule has 7 nitrogen and oxygen atoms in total. The molecule has 1 atom stereocenters. The van der Waals surface area contributed by atoms with Crippen molar-refractivity contribution in [1.29, 1.82) is 0 Å². The number of amides is 1. The zero-order chi connectivity index (χ0) is 19.2. The molecule has 0 fully saturated rings. The molecule has 1 aromatic carbocycles. The molecule has 1 aromatic heterocycles. The number of aliphatic hydroxyl groups is 1. The van der Waals surface area contributed by atoms with Gasteiger partial charge in [0.15, 0.2) is 6.10 Å². The molecule has 0 spiro atoms. The van der Waals surface area contributed by atoms with E-state index in [1.165, 1.54) is 0 Å². The third kappa shape index (κ3) is 6.07. The summed E-state index contributed by atoms with van der Waals surface area (Å²) in [6.07, 6.45) is -0.340. The number of rotatable bonds is 7. The van der Waals surface area contributed by atoms with Gasteiger partial charge >= 0.3 is 6.09 Å². The molecule has 0 saturated carbocycles. The molecule has 1 amide bonds. The fourth-order valence-corrected chi connectivity index (χ4v) is 2.36. The van der Waals surface area contributed by atoms with Gasteiger partial charge in [-0.25, -0.2) is 4.79 Å². The van der Waals surface area contributed by atoms with Gasteiger partial charge in [0.05, 0.1) is 13.7 Å². The molecule has 0 aliphatic heterocycles. The molecule has 26 heavy (non-hydrogen) atoms. The molecular weight excluding hydrogens is 336 g/mol. The summed E-state index contributed by atoms with van der Waals surface area (Å²) in [5.41, 5.74) is 1.06. The zero-order valence-corrected chi connectivity index (χ0v) is 15.6. The standard InChI is InChI=1S/C19H26N2O5/c1-19(2,3)20-18(23)25-17(16-12-15(9-10-22)26-21-16)11-13-5-7-14(24-4)8-6-13/h5-8,12,17,22H,9-11H2,1-4H3,(H,20,23)/t17-/m0/s1. The van der Waals surface area contributed by atoms with E-state index in [9.17, 15) is 4.79 Å². The quantitative estimate of drug-likeness (QED) is 0.786. The van der Waals surface area contributed by atoms with E-state index in [0.717, 1.165) is 11.3 Å². The maximum atomic E-state index is 12.2. The SMILES string of the molecule is COc1ccc(C[C@H](OC(=O)NC(C)(C)C)c2cc(CCO)on2)cc1. The first-order valence-electron chi connectivity index (χ1n) is 8.49. The second-order valence-corrected chi connectivity index (χ2v) is 7.01. The van der Waals surface area contributed by atoms with Crippen molar-refractivity contribution in [3.63, 3.8) is 0 Å². The summed E-state index contributed by atoms with van der Waals surface area (Å²) < 4.78 is 16.0. The van der Waals surface area contributed by atoms with E-state index in [-0.39, 0.29) is 6.61 Å². The van der Waals surface area contributed by atoms with E-state index in [1.807, 2.05) is 45.0 Å². The molecule has 7 heteroatoms. The third-order valence-corrected chi connectivity index (χ3v) is 3.57. The monoisotopic (exact) mass is 362 g/mol. The second kappa shape index (κ2) is 8.71. The molecule has 142 valence electrons. The lowest BCUT2D eigenvalue weighted by Crippen LogP contribution is -2.41. The molecule has 0 unspecified atom stereocenters. The van der Waals surface area contributed by atoms with Crippen molar-refractivity contribution in [3.05, 3.63) is 47.3 Å². The Balaban J connectivity index is 2.17. The van der Waals surface area contributed by atoms with E-state index in [0.29, 0.717) is 24.3 Å². The molecule has 0 aliphatic carbocycles. The molecule has 0 bridgehead atoms. The van der Waals surface area contributed by atoms with Crippen LogP contribution in [0.2, 0.25) is 0 Å². The number of alkyl carbamates (subject to hydrolysis) is 1. The number of nitrogens with zero attached hydrogens (tertiary/aromatic N) is 1. The van der Waals surface area contributed by atoms with Crippen molar-refractivity contribution >= 4 is 6.09 Å². The van der Waals surface area contributed by atoms with E-state index in [4.69, 9.17) is 19.1 Å². The van der Waals surface area contributed by atoms with Crippen LogP contribution in [0.4, 0.5) is 4.79 Å². The van der Waals surface area contributed by atoms with Crippen molar-refractivity contribution in [2.75, 3.05) is 13.7 Å². The Hall–Kier alpha value is -2.54. The lowest BCUT2D eigenvalue weighted by atomic mass is 10.0. The van der Waals surface area contributed by atoms with Gasteiger partial charge in [-0.3, -0.25) is 0 Å². The topological polar surface area (TPSA) is 93.8 Å². The smallest absolute Gasteiger partial charge is 0.408 e. The van der Waals surface area contributed by atoms with Crippen LogP contribution in [0.15, 0.2) is 34.9 Å². The van der Waals surface area contributed by atoms with Crippen LogP contribution >= 0.6 is 0 Å². The summed E-state index contributed by atoms with van der Waals surface area (Å²) >= 11 is 0. The summed E-state index contributed by atoms with van der Waals surface area (Å²) in [4.78, 5) is 12.2. The minimum Gasteiger partial charge on any atom is -0.497 e. The molecule has 1 heterocycles. The normalized spacial score (nSPS) is 12.5. The van der Waals surface area contributed by atoms with Crippen LogP contribution < -0.4 is 10.1 Å². The molecule has 0 radical (unpaired) electrons. The highest BCUT2D eigenvalue weighted by Gasteiger charge is 2.24. The van der Waals surface area contributed by atoms with Crippen LogP contribution in [-0.4, -0.2) is 35.6 Å². The minimum absolute atomic E-state index is 0.0385. The first-order valence-corrected chi connectivity index (χ1v) is 8.49. The number of methoxy groups -OCH3 is 1. The van der Waals surface area contributed by atoms with Crippen LogP contribution in [-0.2, 0) is 17.6 Å². The predicted molar refractivity (Wildman–Crippen MR) is 96.1 cm³/mol. The number of aromatic nitrogens is 1. The summed E-state index contributed by atoms with van der Waals surface area (Å²) in [7, 11) is 1.61. The molecule has 2 N–H and O–H groups in total. The van der Waals surface area contributed by atoms with Gasteiger partial charge in [-0.15, -0.1) is 0 Å². The maximum absolute atomic E-state index is 12.2. The van der Waals surface area contributed by atoms with Gasteiger partial charge in [0, 0.05) is 24.4 Å². The van der Waals surface area contributed by atoms with Gasteiger partial charge in [0.25, 0.3) is 0 Å². The number of hydrogen-bond acceptors (Lipinski definition) is 6. The molecule has 0 aliphatic rings. The average Bonchev–Trinajstić information content (AvgIpc) is 3.02. The fourth-order valence-electron chi connectivity index (χ4n) is 2.36. The summed E-state index contributed by atoms with van der Waals surface area (Å²) in [6, 6.07) is 9.22. The predicted octanol–water partition coefficient (Wildman–Crippen LogP) is 3.03. The lowest BCUT2D eigenvalue weighted by Gasteiger charge is -2.23. The maximum Gasteiger partial charge on any atom is 0.408 e. The highest BCUT2D eigenvalue weighted by molar-refractivity contribution is 5.68. The van der Waals surface area contributed by atoms with Gasteiger partial charge in [-0.2, -0.15) is 0 Å². The third-order valence-electron chi connectivity index (χ3n) is 3.57. The van der Waals surface area contributed by atoms with Crippen LogP contribution in [0.3, 0.4) is 0 Å². The number of carbonyl (C=O) groups excluding carboxylic acids is 1. The van der Waals surface area contributed by atoms with Gasteiger partial charge in [-0.1, -0.05) is 17.3 Å². The zero-order valence-electron chi connectivity index (χ0n) is 15.6. The fraction of sp³-hybridized carbons (Fsp3) is 0.474. The highest BCUT2D eigenvalue weighted by Crippen LogP contribution is 2.24. The number of carbonyl (C=O) groups is 1. The van der Waals surface area contributed by atoms with E-state index in [1.54, 1.807) is 13.2 Å². The van der Waals surface area contributed by atoms with Crippen molar-refractivity contribution in [3.8, 4) is 5.75 Å². The van der Waals surface area contributed by atoms with Crippen molar-refractivity contribution in [1.82, 2.24) is 10.5 Å². The van der Waals surface area contributed by atoms with E-state index < -0.39 is 17.7 Å². The number of hydrogen-bond donors (Lipinski definition) is 2. The molecule has 2 aromatic rings. The highest BCUT2D eigenvalue weighted by atomic mass is 16.6. The molecule has 2 rings (SSSR count). The Kier molecular flexibility index (Phi) is 6.63. The van der Waals surface area contributed by atoms with E-state index in [2.05, 4.69) is 10.5 Å². The first-order chi connectivity index (χ1) is 12.3. The Morgan fingerprint density at radius 3 is 2.58 bits per heavy atom. The van der Waals surface area contributed by atoms with Gasteiger partial charge in [0.2, 0.25) is 0 Å². The van der Waals surface area contributed by atoms with Crippen molar-refractivity contribution in [2.45, 2.75) is 45.3 Å². The minimum atomic E-state index is -0.609. The number of benzene rings is 1. The Morgan fingerprint density at radius 1 is 1.31 bits per heavy atom. The van der Waals surface area contributed by atoms with Crippen LogP contribution in [0.5, 0.6) is 5.75 Å². The molecular formula is C19H26N2O5. The summed E-state index contributed by atoms with van der Waals surface area (Å²) in [5, 5.41) is 15.8. The van der Waals surface area contributed by atoms with Gasteiger partial charge < -0.3 is 24.4 Å². The first kappa shape index (κ1) is 19.8. The Labute approximate surface area is 153 Å². The van der Waals surface area contributed by atoms with Crippen LogP contribution in [0, 0.1) is 0 Å². The Morgan fingerprint density at radius 2 is 2.00 bits per heavy atom. The Bertz CT molecular complexity index is 703. The van der Waals surface area contributed by atoms with Crippen LogP contribution in [0.25, 0.3) is 0 Å². The van der Waals surface area contributed by atoms with Gasteiger partial charge in [0.1, 0.15) is 17.2 Å². The number of nitrogens with one attached hydrogen (secondary N) is 1. The summed E-state index contributed by atoms with van der Waals surface area (Å²) in [5.74, 6) is 1.30. The average molecular weight is 362 g/mol. The second-order valence-electron chi connectivity index (χ2n) is 7.01. The number of ether oxygens (including phenoxy) is 2. The van der Waals surface area contributed by atoms with E-state index >= 15 is 0 Å². The van der Waals surface area contributed by atoms with Crippen LogP contribution in [0.1, 0.15) is 43.9 Å². The summed E-state index contributed by atoms with van der Waals surface area (Å²) in [6.45, 7) is 5.59.